The van der Waals surface area contributed by atoms with E-state index in [0.29, 0.717) is 11.8 Å². The summed E-state index contributed by atoms with van der Waals surface area (Å²) in [6.07, 6.45) is 2.03. The number of amides is 1. The molecule has 0 unspecified atom stereocenters. The molecule has 0 saturated heterocycles. The van der Waals surface area contributed by atoms with Crippen molar-refractivity contribution in [2.24, 2.45) is 0 Å². The number of carbonyl (C=O) groups excluding carboxylic acids is 1. The number of benzene rings is 1. The summed E-state index contributed by atoms with van der Waals surface area (Å²) in [6, 6.07) is 8.04. The number of nitrogens with one attached hydrogen (secondary N) is 1. The second-order valence-electron chi connectivity index (χ2n) is 4.36. The molecule has 1 aromatic heterocycles. The van der Waals surface area contributed by atoms with Gasteiger partial charge in [-0.05, 0) is 37.4 Å². The van der Waals surface area contributed by atoms with Crippen LogP contribution >= 0.6 is 0 Å². The number of hydrogen-bond donors (Lipinski definition) is 2. The van der Waals surface area contributed by atoms with Gasteiger partial charge in [0.25, 0.3) is 5.91 Å². The van der Waals surface area contributed by atoms with Crippen LogP contribution in [0, 0.1) is 0 Å². The van der Waals surface area contributed by atoms with Crippen molar-refractivity contribution in [3.8, 4) is 5.75 Å². The van der Waals surface area contributed by atoms with E-state index in [4.69, 9.17) is 9.94 Å². The number of hydrogen-bond acceptors (Lipinski definition) is 3. The van der Waals surface area contributed by atoms with E-state index in [-0.39, 0.29) is 6.61 Å². The molecule has 0 atom stereocenters. The van der Waals surface area contributed by atoms with Crippen LogP contribution in [0.2, 0.25) is 0 Å². The van der Waals surface area contributed by atoms with Gasteiger partial charge in [0.15, 0.2) is 6.61 Å². The molecule has 96 valence electrons. The highest BCUT2D eigenvalue weighted by Crippen LogP contribution is 2.24. The third kappa shape index (κ3) is 2.46. The molecule has 0 radical (unpaired) electrons. The second kappa shape index (κ2) is 5.10. The van der Waals surface area contributed by atoms with Gasteiger partial charge in [0, 0.05) is 18.3 Å². The Bertz CT molecular complexity index is 560. The number of nitrogens with zero attached hydrogens (tertiary/aromatic N) is 1. The van der Waals surface area contributed by atoms with Crippen molar-refractivity contribution in [2.75, 3.05) is 6.61 Å². The predicted molar refractivity (Wildman–Crippen MR) is 67.7 cm³/mol. The Labute approximate surface area is 105 Å². The van der Waals surface area contributed by atoms with E-state index in [1.165, 1.54) is 5.48 Å². The Morgan fingerprint density at radius 2 is 2.22 bits per heavy atom. The van der Waals surface area contributed by atoms with Gasteiger partial charge in [0.05, 0.1) is 5.52 Å². The first-order valence-electron chi connectivity index (χ1n) is 5.78. The first-order chi connectivity index (χ1) is 8.61. The smallest absolute Gasteiger partial charge is 0.281 e. The molecule has 2 rings (SSSR count). The summed E-state index contributed by atoms with van der Waals surface area (Å²) in [5.41, 5.74) is 2.59. The van der Waals surface area contributed by atoms with Crippen LogP contribution in [-0.2, 0) is 4.79 Å². The van der Waals surface area contributed by atoms with Crippen LogP contribution in [0.15, 0.2) is 30.5 Å². The van der Waals surface area contributed by atoms with Crippen molar-refractivity contribution in [3.63, 3.8) is 0 Å². The van der Waals surface area contributed by atoms with E-state index in [1.54, 1.807) is 6.07 Å². The zero-order valence-electron chi connectivity index (χ0n) is 10.4. The van der Waals surface area contributed by atoms with Gasteiger partial charge in [-0.3, -0.25) is 10.0 Å². The van der Waals surface area contributed by atoms with Crippen LogP contribution in [0.3, 0.4) is 0 Å². The average Bonchev–Trinajstić information content (AvgIpc) is 2.78. The topological polar surface area (TPSA) is 63.5 Å². The van der Waals surface area contributed by atoms with Crippen molar-refractivity contribution < 1.29 is 14.7 Å². The molecule has 0 aliphatic carbocycles. The lowest BCUT2D eigenvalue weighted by molar-refractivity contribution is -0.131. The summed E-state index contributed by atoms with van der Waals surface area (Å²) in [5.74, 6) is 0.0287. The molecule has 2 N–H and O–H groups in total. The number of carbonyl (C=O) groups is 1. The molecule has 5 nitrogen and oxygen atoms in total. The number of rotatable bonds is 4. The fraction of sp³-hybridized carbons (Fsp3) is 0.308. The van der Waals surface area contributed by atoms with E-state index in [9.17, 15) is 4.79 Å². The summed E-state index contributed by atoms with van der Waals surface area (Å²) < 4.78 is 7.42. The monoisotopic (exact) mass is 248 g/mol. The third-order valence-electron chi connectivity index (χ3n) is 2.75. The number of hydroxylamine groups is 1. The first kappa shape index (κ1) is 12.4. The molecule has 0 aliphatic heterocycles. The number of aromatic nitrogens is 1. The maximum atomic E-state index is 10.9. The molecule has 2 aromatic rings. The molecule has 1 aromatic carbocycles. The van der Waals surface area contributed by atoms with Crippen LogP contribution in [0.25, 0.3) is 10.9 Å². The molecule has 5 heteroatoms. The summed E-state index contributed by atoms with van der Waals surface area (Å²) in [5, 5.41) is 9.51. The van der Waals surface area contributed by atoms with Crippen molar-refractivity contribution in [1.82, 2.24) is 10.0 Å². The molecule has 1 heterocycles. The fourth-order valence-corrected chi connectivity index (χ4v) is 1.85. The predicted octanol–water partition coefficient (Wildman–Crippen LogP) is 2.11. The molecular weight excluding hydrogens is 232 g/mol. The molecule has 0 aliphatic rings. The van der Waals surface area contributed by atoms with Crippen molar-refractivity contribution in [2.45, 2.75) is 19.9 Å². The van der Waals surface area contributed by atoms with Crippen LogP contribution in [0.1, 0.15) is 19.9 Å². The fourth-order valence-electron chi connectivity index (χ4n) is 1.85. The summed E-state index contributed by atoms with van der Waals surface area (Å²) in [6.45, 7) is 4.00. The SMILES string of the molecule is CC(C)n1ccc2ccc(OCC(=O)NO)cc21. The van der Waals surface area contributed by atoms with Crippen LogP contribution < -0.4 is 10.2 Å². The normalized spacial score (nSPS) is 10.9. The number of ether oxygens (including phenoxy) is 1. The lowest BCUT2D eigenvalue weighted by atomic mass is 10.2. The second-order valence-corrected chi connectivity index (χ2v) is 4.36. The highest BCUT2D eigenvalue weighted by atomic mass is 16.5. The maximum Gasteiger partial charge on any atom is 0.281 e. The lowest BCUT2D eigenvalue weighted by Crippen LogP contribution is -2.25. The highest BCUT2D eigenvalue weighted by molar-refractivity contribution is 5.82. The Morgan fingerprint density at radius 1 is 1.44 bits per heavy atom. The first-order valence-corrected chi connectivity index (χ1v) is 5.78. The van der Waals surface area contributed by atoms with Gasteiger partial charge in [-0.25, -0.2) is 5.48 Å². The van der Waals surface area contributed by atoms with E-state index >= 15 is 0 Å². The largest absolute Gasteiger partial charge is 0.484 e. The molecule has 0 bridgehead atoms. The van der Waals surface area contributed by atoms with Crippen LogP contribution in [0.4, 0.5) is 0 Å². The minimum absolute atomic E-state index is 0.204. The Kier molecular flexibility index (Phi) is 3.53. The van der Waals surface area contributed by atoms with Gasteiger partial charge >= 0.3 is 0 Å². The van der Waals surface area contributed by atoms with Crippen molar-refractivity contribution in [1.29, 1.82) is 0 Å². The minimum atomic E-state index is -0.575. The van der Waals surface area contributed by atoms with E-state index in [2.05, 4.69) is 18.4 Å². The summed E-state index contributed by atoms with van der Waals surface area (Å²) in [4.78, 5) is 10.9. The van der Waals surface area contributed by atoms with E-state index in [0.717, 1.165) is 10.9 Å². The van der Waals surface area contributed by atoms with Gasteiger partial charge in [0.1, 0.15) is 5.75 Å². The van der Waals surface area contributed by atoms with E-state index < -0.39 is 5.91 Å². The summed E-state index contributed by atoms with van der Waals surface area (Å²) >= 11 is 0. The number of fused-ring (bicyclic) bond motifs is 1. The van der Waals surface area contributed by atoms with E-state index in [1.807, 2.05) is 24.4 Å². The van der Waals surface area contributed by atoms with Gasteiger partial charge in [-0.2, -0.15) is 0 Å². The van der Waals surface area contributed by atoms with Crippen LogP contribution in [0.5, 0.6) is 5.75 Å². The Balaban J connectivity index is 2.25. The summed E-state index contributed by atoms with van der Waals surface area (Å²) in [7, 11) is 0. The van der Waals surface area contributed by atoms with Gasteiger partial charge < -0.3 is 9.30 Å². The zero-order chi connectivity index (χ0) is 13.1. The van der Waals surface area contributed by atoms with Gasteiger partial charge in [-0.15, -0.1) is 0 Å². The van der Waals surface area contributed by atoms with Gasteiger partial charge in [-0.1, -0.05) is 0 Å². The van der Waals surface area contributed by atoms with Crippen LogP contribution in [-0.4, -0.2) is 22.3 Å². The maximum absolute atomic E-state index is 10.9. The van der Waals surface area contributed by atoms with Crippen molar-refractivity contribution in [3.05, 3.63) is 30.5 Å². The van der Waals surface area contributed by atoms with Gasteiger partial charge in [0.2, 0.25) is 0 Å². The molecular formula is C13H16N2O3. The third-order valence-corrected chi connectivity index (χ3v) is 2.75. The quantitative estimate of drug-likeness (QED) is 0.643. The molecule has 0 spiro atoms. The zero-order valence-corrected chi connectivity index (χ0v) is 10.4. The molecule has 18 heavy (non-hydrogen) atoms. The highest BCUT2D eigenvalue weighted by Gasteiger charge is 2.06. The Morgan fingerprint density at radius 3 is 2.89 bits per heavy atom. The molecule has 0 saturated carbocycles. The lowest BCUT2D eigenvalue weighted by Gasteiger charge is -2.10. The van der Waals surface area contributed by atoms with Crippen molar-refractivity contribution >= 4 is 16.8 Å². The standard InChI is InChI=1S/C13H16N2O3/c1-9(2)15-6-5-10-3-4-11(7-12(10)15)18-8-13(16)14-17/h3-7,9,17H,8H2,1-2H3,(H,14,16). The molecule has 1 amide bonds. The average molecular weight is 248 g/mol. The minimum Gasteiger partial charge on any atom is -0.484 e. The molecule has 0 fully saturated rings. The Hall–Kier alpha value is -2.01.